The van der Waals surface area contributed by atoms with Crippen LogP contribution in [0.4, 0.5) is 0 Å². The summed E-state index contributed by atoms with van der Waals surface area (Å²) in [4.78, 5) is 15.4. The van der Waals surface area contributed by atoms with Gasteiger partial charge in [0.05, 0.1) is 5.02 Å². The van der Waals surface area contributed by atoms with Gasteiger partial charge in [-0.25, -0.2) is 0 Å². The highest BCUT2D eigenvalue weighted by atomic mass is 35.5. The maximum Gasteiger partial charge on any atom is 0.269 e. The minimum Gasteiger partial charge on any atom is -0.350 e. The van der Waals surface area contributed by atoms with Gasteiger partial charge < -0.3 is 10.3 Å². The number of amides is 1. The minimum atomic E-state index is -0.100. The van der Waals surface area contributed by atoms with Crippen LogP contribution >= 0.6 is 11.6 Å². The maximum atomic E-state index is 12.3. The number of fused-ring (bicyclic) bond motifs is 1. The number of aromatic nitrogens is 1. The molecule has 0 aliphatic heterocycles. The van der Waals surface area contributed by atoms with Crippen molar-refractivity contribution in [1.29, 1.82) is 0 Å². The average Bonchev–Trinajstić information content (AvgIpc) is 2.84. The predicted octanol–water partition coefficient (Wildman–Crippen LogP) is 4.13. The summed E-state index contributed by atoms with van der Waals surface area (Å²) in [6, 6.07) is 7.70. The molecule has 4 heteroatoms. The Labute approximate surface area is 123 Å². The van der Waals surface area contributed by atoms with Gasteiger partial charge in [-0.3, -0.25) is 4.79 Å². The van der Waals surface area contributed by atoms with Gasteiger partial charge in [-0.1, -0.05) is 49.1 Å². The van der Waals surface area contributed by atoms with E-state index in [1.807, 2.05) is 24.3 Å². The van der Waals surface area contributed by atoms with Gasteiger partial charge in [0, 0.05) is 17.4 Å². The van der Waals surface area contributed by atoms with Crippen LogP contribution in [0.15, 0.2) is 24.3 Å². The lowest BCUT2D eigenvalue weighted by atomic mass is 9.89. The van der Waals surface area contributed by atoms with E-state index >= 15 is 0 Å². The molecule has 0 spiro atoms. The van der Waals surface area contributed by atoms with Crippen LogP contribution in [0.5, 0.6) is 0 Å². The largest absolute Gasteiger partial charge is 0.350 e. The molecule has 0 atom stereocenters. The highest BCUT2D eigenvalue weighted by molar-refractivity contribution is 6.38. The van der Waals surface area contributed by atoms with Crippen molar-refractivity contribution in [2.45, 2.75) is 32.1 Å². The second kappa shape index (κ2) is 5.88. The number of hydrogen-bond donors (Lipinski definition) is 2. The van der Waals surface area contributed by atoms with E-state index in [4.69, 9.17) is 11.6 Å². The molecule has 0 unspecified atom stereocenters. The fourth-order valence-electron chi connectivity index (χ4n) is 2.98. The molecule has 1 fully saturated rings. The van der Waals surface area contributed by atoms with Crippen LogP contribution < -0.4 is 5.32 Å². The zero-order valence-electron chi connectivity index (χ0n) is 11.4. The zero-order chi connectivity index (χ0) is 13.9. The first kappa shape index (κ1) is 13.5. The molecular formula is C16H19ClN2O. The van der Waals surface area contributed by atoms with Crippen molar-refractivity contribution in [3.8, 4) is 0 Å². The number of nitrogens with one attached hydrogen (secondary N) is 2. The Bertz CT molecular complexity index is 614. The lowest BCUT2D eigenvalue weighted by Gasteiger charge is -2.21. The normalized spacial score (nSPS) is 16.4. The van der Waals surface area contributed by atoms with E-state index in [0.29, 0.717) is 16.6 Å². The zero-order valence-corrected chi connectivity index (χ0v) is 12.2. The molecule has 2 N–H and O–H groups in total. The Morgan fingerprint density at radius 1 is 1.25 bits per heavy atom. The summed E-state index contributed by atoms with van der Waals surface area (Å²) in [5.41, 5.74) is 1.38. The molecule has 1 aliphatic rings. The van der Waals surface area contributed by atoms with E-state index in [1.165, 1.54) is 32.1 Å². The minimum absolute atomic E-state index is 0.100. The quantitative estimate of drug-likeness (QED) is 0.877. The van der Waals surface area contributed by atoms with Gasteiger partial charge in [-0.15, -0.1) is 0 Å². The third-order valence-corrected chi connectivity index (χ3v) is 4.54. The van der Waals surface area contributed by atoms with E-state index in [-0.39, 0.29) is 5.91 Å². The molecule has 0 bridgehead atoms. The molecule has 0 saturated heterocycles. The SMILES string of the molecule is O=C(NCC1CCCCC1)c1[nH]c2ccccc2c1Cl. The summed E-state index contributed by atoms with van der Waals surface area (Å²) in [5, 5.41) is 4.43. The lowest BCUT2D eigenvalue weighted by Crippen LogP contribution is -2.30. The molecule has 1 heterocycles. The van der Waals surface area contributed by atoms with Crippen molar-refractivity contribution >= 4 is 28.4 Å². The second-order valence-electron chi connectivity index (χ2n) is 5.57. The Balaban J connectivity index is 1.70. The van der Waals surface area contributed by atoms with Gasteiger partial charge >= 0.3 is 0 Å². The molecule has 3 rings (SSSR count). The molecule has 20 heavy (non-hydrogen) atoms. The van der Waals surface area contributed by atoms with Crippen molar-refractivity contribution in [2.75, 3.05) is 6.54 Å². The van der Waals surface area contributed by atoms with Crippen LogP contribution in [0, 0.1) is 5.92 Å². The second-order valence-corrected chi connectivity index (χ2v) is 5.95. The molecular weight excluding hydrogens is 272 g/mol. The number of carbonyl (C=O) groups excluding carboxylic acids is 1. The van der Waals surface area contributed by atoms with E-state index in [1.54, 1.807) is 0 Å². The molecule has 1 aromatic heterocycles. The molecule has 106 valence electrons. The van der Waals surface area contributed by atoms with Crippen LogP contribution in [-0.2, 0) is 0 Å². The van der Waals surface area contributed by atoms with Gasteiger partial charge in [0.15, 0.2) is 0 Å². The van der Waals surface area contributed by atoms with Crippen LogP contribution in [-0.4, -0.2) is 17.4 Å². The van der Waals surface area contributed by atoms with E-state index in [0.717, 1.165) is 17.4 Å². The Morgan fingerprint density at radius 2 is 2.00 bits per heavy atom. The van der Waals surface area contributed by atoms with E-state index in [2.05, 4.69) is 10.3 Å². The fourth-order valence-corrected chi connectivity index (χ4v) is 3.28. The molecule has 1 aromatic carbocycles. The summed E-state index contributed by atoms with van der Waals surface area (Å²) in [6.45, 7) is 0.754. The summed E-state index contributed by atoms with van der Waals surface area (Å²) in [6.07, 6.45) is 6.35. The van der Waals surface area contributed by atoms with Crippen LogP contribution in [0.25, 0.3) is 10.9 Å². The number of carbonyl (C=O) groups is 1. The summed E-state index contributed by atoms with van der Waals surface area (Å²) < 4.78 is 0. The predicted molar refractivity (Wildman–Crippen MR) is 82.2 cm³/mol. The van der Waals surface area contributed by atoms with E-state index < -0.39 is 0 Å². The average molecular weight is 291 g/mol. The summed E-state index contributed by atoms with van der Waals surface area (Å²) in [5.74, 6) is 0.521. The number of hydrogen-bond acceptors (Lipinski definition) is 1. The third kappa shape index (κ3) is 2.68. The van der Waals surface area contributed by atoms with Crippen molar-refractivity contribution in [3.05, 3.63) is 35.0 Å². The first-order valence-electron chi connectivity index (χ1n) is 7.30. The topological polar surface area (TPSA) is 44.9 Å². The van der Waals surface area contributed by atoms with Crippen LogP contribution in [0.3, 0.4) is 0 Å². The van der Waals surface area contributed by atoms with E-state index in [9.17, 15) is 4.79 Å². The first-order valence-corrected chi connectivity index (χ1v) is 7.68. The number of rotatable bonds is 3. The first-order chi connectivity index (χ1) is 9.75. The monoisotopic (exact) mass is 290 g/mol. The molecule has 2 aromatic rings. The number of H-pyrrole nitrogens is 1. The van der Waals surface area contributed by atoms with Crippen LogP contribution in [0.1, 0.15) is 42.6 Å². The Morgan fingerprint density at radius 3 is 2.75 bits per heavy atom. The molecule has 0 radical (unpaired) electrons. The number of aromatic amines is 1. The van der Waals surface area contributed by atoms with Crippen LogP contribution in [0.2, 0.25) is 5.02 Å². The highest BCUT2D eigenvalue weighted by Gasteiger charge is 2.18. The van der Waals surface area contributed by atoms with Crippen molar-refractivity contribution in [3.63, 3.8) is 0 Å². The number of para-hydroxylation sites is 1. The standard InChI is InChI=1S/C16H19ClN2O/c17-14-12-8-4-5-9-13(12)19-15(14)16(20)18-10-11-6-2-1-3-7-11/h4-5,8-9,11,19H,1-3,6-7,10H2,(H,18,20). The van der Waals surface area contributed by atoms with Gasteiger partial charge in [0.2, 0.25) is 0 Å². The Hall–Kier alpha value is -1.48. The highest BCUT2D eigenvalue weighted by Crippen LogP contribution is 2.27. The molecule has 1 saturated carbocycles. The molecule has 3 nitrogen and oxygen atoms in total. The Kier molecular flexibility index (Phi) is 3.97. The van der Waals surface area contributed by atoms with Crippen molar-refractivity contribution < 1.29 is 4.79 Å². The van der Waals surface area contributed by atoms with Crippen molar-refractivity contribution in [2.24, 2.45) is 5.92 Å². The molecule has 1 aliphatic carbocycles. The molecule has 1 amide bonds. The third-order valence-electron chi connectivity index (χ3n) is 4.15. The van der Waals surface area contributed by atoms with Gasteiger partial charge in [0.1, 0.15) is 5.69 Å². The number of benzene rings is 1. The number of halogens is 1. The summed E-state index contributed by atoms with van der Waals surface area (Å²) >= 11 is 6.28. The van der Waals surface area contributed by atoms with Crippen molar-refractivity contribution in [1.82, 2.24) is 10.3 Å². The van der Waals surface area contributed by atoms with Gasteiger partial charge in [-0.05, 0) is 24.8 Å². The van der Waals surface area contributed by atoms with Gasteiger partial charge in [-0.2, -0.15) is 0 Å². The summed E-state index contributed by atoms with van der Waals surface area (Å²) in [7, 11) is 0. The fraction of sp³-hybridized carbons (Fsp3) is 0.438. The maximum absolute atomic E-state index is 12.3. The van der Waals surface area contributed by atoms with Gasteiger partial charge in [0.25, 0.3) is 5.91 Å². The lowest BCUT2D eigenvalue weighted by molar-refractivity contribution is 0.0939. The smallest absolute Gasteiger partial charge is 0.269 e.